The molecule has 4 heterocycles. The van der Waals surface area contributed by atoms with E-state index in [9.17, 15) is 4.79 Å². The van der Waals surface area contributed by atoms with Crippen molar-refractivity contribution in [1.29, 1.82) is 0 Å². The molecule has 0 spiro atoms. The third-order valence-corrected chi connectivity index (χ3v) is 5.41. The van der Waals surface area contributed by atoms with Crippen LogP contribution in [0.3, 0.4) is 0 Å². The van der Waals surface area contributed by atoms with Gasteiger partial charge in [-0.15, -0.1) is 5.10 Å². The minimum atomic E-state index is -0.149. The van der Waals surface area contributed by atoms with E-state index in [0.29, 0.717) is 59.9 Å². The summed E-state index contributed by atoms with van der Waals surface area (Å²) >= 11 is 6.32. The van der Waals surface area contributed by atoms with Crippen LogP contribution in [0.25, 0.3) is 11.0 Å². The number of hydrogen-bond donors (Lipinski definition) is 2. The maximum atomic E-state index is 12.0. The van der Waals surface area contributed by atoms with Crippen molar-refractivity contribution in [2.24, 2.45) is 5.92 Å². The van der Waals surface area contributed by atoms with E-state index >= 15 is 0 Å². The third kappa shape index (κ3) is 4.32. The Morgan fingerprint density at radius 3 is 3.00 bits per heavy atom. The van der Waals surface area contributed by atoms with Gasteiger partial charge in [-0.25, -0.2) is 0 Å². The molecule has 1 fully saturated rings. The molecule has 11 nitrogen and oxygen atoms in total. The molecule has 2 atom stereocenters. The van der Waals surface area contributed by atoms with Crippen LogP contribution in [0.4, 0.5) is 11.8 Å². The second kappa shape index (κ2) is 8.90. The van der Waals surface area contributed by atoms with Crippen LogP contribution in [-0.2, 0) is 16.1 Å². The Balaban J connectivity index is 1.55. The SMILES string of the molecule is C=CC(=O)N1CC(COc2nc(Nc3cnn(CC)n3)nc3[nH]cc(Cl)c23)C(OC)C1. The molecule has 0 radical (unpaired) electrons. The second-order valence-electron chi connectivity index (χ2n) is 7.05. The maximum Gasteiger partial charge on any atom is 0.246 e. The second-order valence-corrected chi connectivity index (χ2v) is 7.46. The van der Waals surface area contributed by atoms with Gasteiger partial charge in [-0.3, -0.25) is 4.79 Å². The number of anilines is 2. The summed E-state index contributed by atoms with van der Waals surface area (Å²) in [6, 6.07) is 0. The summed E-state index contributed by atoms with van der Waals surface area (Å²) in [5.74, 6) is 0.970. The number of aromatic nitrogens is 6. The summed E-state index contributed by atoms with van der Waals surface area (Å²) in [5, 5.41) is 12.5. The highest BCUT2D eigenvalue weighted by atomic mass is 35.5. The molecule has 1 saturated heterocycles. The maximum absolute atomic E-state index is 12.0. The number of H-pyrrole nitrogens is 1. The standard InChI is InChI=1S/C19H23ClN8O3/c1-4-15(29)27-8-11(13(9-27)30-3)10-31-18-16-12(20)6-21-17(16)24-19(25-18)23-14-7-22-28(5-2)26-14/h4,6-7,11,13H,1,5,8-10H2,2-3H3,(H2,21,23,24,25,26). The normalized spacial score (nSPS) is 18.5. The lowest BCUT2D eigenvalue weighted by molar-refractivity contribution is -0.125. The van der Waals surface area contributed by atoms with Crippen LogP contribution in [0, 0.1) is 5.92 Å². The molecule has 0 saturated carbocycles. The van der Waals surface area contributed by atoms with E-state index in [1.54, 1.807) is 29.2 Å². The van der Waals surface area contributed by atoms with E-state index < -0.39 is 0 Å². The Morgan fingerprint density at radius 1 is 1.45 bits per heavy atom. The van der Waals surface area contributed by atoms with Gasteiger partial charge < -0.3 is 24.7 Å². The van der Waals surface area contributed by atoms with E-state index in [2.05, 4.69) is 37.0 Å². The molecule has 2 N–H and O–H groups in total. The van der Waals surface area contributed by atoms with Crippen molar-refractivity contribution in [2.45, 2.75) is 19.6 Å². The molecule has 2 unspecified atom stereocenters. The van der Waals surface area contributed by atoms with Gasteiger partial charge in [-0.2, -0.15) is 19.9 Å². The number of nitrogens with zero attached hydrogens (tertiary/aromatic N) is 6. The smallest absolute Gasteiger partial charge is 0.246 e. The Hall–Kier alpha value is -3.18. The molecule has 0 aromatic carbocycles. The molecule has 4 rings (SSSR count). The molecular weight excluding hydrogens is 424 g/mol. The summed E-state index contributed by atoms with van der Waals surface area (Å²) in [5.41, 5.74) is 0.526. The molecular formula is C19H23ClN8O3. The molecule has 164 valence electrons. The van der Waals surface area contributed by atoms with Crippen molar-refractivity contribution in [3.63, 3.8) is 0 Å². The minimum absolute atomic E-state index is 0.0301. The van der Waals surface area contributed by atoms with Gasteiger partial charge in [0.1, 0.15) is 5.65 Å². The zero-order valence-corrected chi connectivity index (χ0v) is 18.0. The predicted octanol–water partition coefficient (Wildman–Crippen LogP) is 2.00. The third-order valence-electron chi connectivity index (χ3n) is 5.11. The number of aromatic amines is 1. The molecule has 1 amide bonds. The van der Waals surface area contributed by atoms with Gasteiger partial charge in [0.2, 0.25) is 17.7 Å². The number of methoxy groups -OCH3 is 1. The topological polar surface area (TPSA) is 123 Å². The minimum Gasteiger partial charge on any atom is -0.477 e. The number of carbonyl (C=O) groups is 1. The quantitative estimate of drug-likeness (QED) is 0.503. The first-order valence-electron chi connectivity index (χ1n) is 9.81. The Labute approximate surface area is 183 Å². The number of fused-ring (bicyclic) bond motifs is 1. The van der Waals surface area contributed by atoms with Gasteiger partial charge in [-0.05, 0) is 13.0 Å². The number of halogens is 1. The number of hydrogen-bond acceptors (Lipinski definition) is 8. The number of rotatable bonds is 8. The summed E-state index contributed by atoms with van der Waals surface area (Å²) in [6.07, 6.45) is 4.37. The van der Waals surface area contributed by atoms with Gasteiger partial charge in [0.25, 0.3) is 0 Å². The lowest BCUT2D eigenvalue weighted by atomic mass is 10.1. The van der Waals surface area contributed by atoms with Gasteiger partial charge >= 0.3 is 0 Å². The number of amides is 1. The number of nitrogens with one attached hydrogen (secondary N) is 2. The van der Waals surface area contributed by atoms with Gasteiger partial charge in [0.15, 0.2) is 5.82 Å². The summed E-state index contributed by atoms with van der Waals surface area (Å²) in [7, 11) is 1.62. The Bertz CT molecular complexity index is 1100. The molecule has 31 heavy (non-hydrogen) atoms. The van der Waals surface area contributed by atoms with Gasteiger partial charge in [-0.1, -0.05) is 18.2 Å². The molecule has 12 heteroatoms. The number of aryl methyl sites for hydroxylation is 1. The average Bonchev–Trinajstić information content (AvgIpc) is 3.50. The molecule has 1 aliphatic rings. The van der Waals surface area contributed by atoms with Crippen molar-refractivity contribution in [3.8, 4) is 5.88 Å². The van der Waals surface area contributed by atoms with Crippen LogP contribution in [0.2, 0.25) is 5.02 Å². The van der Waals surface area contributed by atoms with E-state index in [0.717, 1.165) is 0 Å². The fourth-order valence-electron chi connectivity index (χ4n) is 3.51. The largest absolute Gasteiger partial charge is 0.477 e. The predicted molar refractivity (Wildman–Crippen MR) is 114 cm³/mol. The first-order valence-corrected chi connectivity index (χ1v) is 10.2. The molecule has 0 aliphatic carbocycles. The highest BCUT2D eigenvalue weighted by Crippen LogP contribution is 2.32. The molecule has 1 aliphatic heterocycles. The monoisotopic (exact) mass is 446 g/mol. The van der Waals surface area contributed by atoms with Crippen LogP contribution >= 0.6 is 11.6 Å². The highest BCUT2D eigenvalue weighted by molar-refractivity contribution is 6.35. The lowest BCUT2D eigenvalue weighted by Crippen LogP contribution is -2.28. The molecule has 3 aromatic heterocycles. The van der Waals surface area contributed by atoms with Crippen LogP contribution in [0.15, 0.2) is 25.0 Å². The van der Waals surface area contributed by atoms with E-state index in [-0.39, 0.29) is 17.9 Å². The fourth-order valence-corrected chi connectivity index (χ4v) is 3.73. The zero-order valence-electron chi connectivity index (χ0n) is 17.2. The van der Waals surface area contributed by atoms with Crippen molar-refractivity contribution in [3.05, 3.63) is 30.1 Å². The Kier molecular flexibility index (Phi) is 6.05. The first kappa shape index (κ1) is 21.1. The van der Waals surface area contributed by atoms with Crippen LogP contribution < -0.4 is 10.1 Å². The zero-order chi connectivity index (χ0) is 22.0. The lowest BCUT2D eigenvalue weighted by Gasteiger charge is -2.17. The van der Waals surface area contributed by atoms with Crippen molar-refractivity contribution in [2.75, 3.05) is 32.1 Å². The van der Waals surface area contributed by atoms with E-state index in [1.165, 1.54) is 6.08 Å². The number of ether oxygens (including phenoxy) is 2. The van der Waals surface area contributed by atoms with Crippen LogP contribution in [0.5, 0.6) is 5.88 Å². The first-order chi connectivity index (χ1) is 15.0. The van der Waals surface area contributed by atoms with Crippen molar-refractivity contribution < 1.29 is 14.3 Å². The summed E-state index contributed by atoms with van der Waals surface area (Å²) < 4.78 is 11.6. The fraction of sp³-hybridized carbons (Fsp3) is 0.421. The average molecular weight is 447 g/mol. The number of likely N-dealkylation sites (tertiary alicyclic amines) is 1. The summed E-state index contributed by atoms with van der Waals surface area (Å²) in [6.45, 7) is 7.42. The Morgan fingerprint density at radius 2 is 2.29 bits per heavy atom. The molecule has 3 aromatic rings. The van der Waals surface area contributed by atoms with E-state index in [4.69, 9.17) is 21.1 Å². The summed E-state index contributed by atoms with van der Waals surface area (Å²) in [4.78, 5) is 27.1. The highest BCUT2D eigenvalue weighted by Gasteiger charge is 2.35. The van der Waals surface area contributed by atoms with E-state index in [1.807, 2.05) is 6.92 Å². The van der Waals surface area contributed by atoms with Crippen molar-refractivity contribution in [1.82, 2.24) is 34.8 Å². The van der Waals surface area contributed by atoms with Gasteiger partial charge in [0.05, 0.1) is 35.9 Å². The molecule has 0 bridgehead atoms. The number of carbonyl (C=O) groups excluding carboxylic acids is 1. The van der Waals surface area contributed by atoms with Gasteiger partial charge in [0, 0.05) is 32.3 Å². The van der Waals surface area contributed by atoms with Crippen LogP contribution in [0.1, 0.15) is 6.92 Å². The van der Waals surface area contributed by atoms with Crippen LogP contribution in [-0.4, -0.2) is 73.7 Å². The van der Waals surface area contributed by atoms with Crippen molar-refractivity contribution >= 4 is 40.3 Å².